The van der Waals surface area contributed by atoms with E-state index in [-0.39, 0.29) is 21.7 Å². The molecule has 1 heterocycles. The van der Waals surface area contributed by atoms with E-state index < -0.39 is 4.92 Å². The summed E-state index contributed by atoms with van der Waals surface area (Å²) in [5.74, 6) is 1.16. The summed E-state index contributed by atoms with van der Waals surface area (Å²) in [4.78, 5) is 10.2. The molecule has 118 valence electrons. The molecule has 0 atom stereocenters. The van der Waals surface area contributed by atoms with Gasteiger partial charge in [0.15, 0.2) is 0 Å². The number of nitrogens with zero attached hydrogens (tertiary/aromatic N) is 4. The predicted molar refractivity (Wildman–Crippen MR) is 85.7 cm³/mol. The van der Waals surface area contributed by atoms with Gasteiger partial charge in [-0.15, -0.1) is 10.2 Å². The third kappa shape index (κ3) is 3.66. The second-order valence-electron chi connectivity index (χ2n) is 5.01. The standard InChI is InChI=1S/C13H15Cl2N5O2/c1-8(2)13-18-17-7-19(13)4-3-16-12-10(14)5-9(20(21)22)6-11(12)15/h5-8,16H,3-4H2,1-2H3. The number of nitrogens with one attached hydrogen (secondary N) is 1. The van der Waals surface area contributed by atoms with Crippen LogP contribution in [0.5, 0.6) is 0 Å². The average molecular weight is 344 g/mol. The van der Waals surface area contributed by atoms with Crippen LogP contribution in [-0.4, -0.2) is 26.2 Å². The third-order valence-electron chi connectivity index (χ3n) is 3.05. The largest absolute Gasteiger partial charge is 0.381 e. The van der Waals surface area contributed by atoms with Crippen LogP contribution >= 0.6 is 23.2 Å². The molecule has 2 rings (SSSR count). The second-order valence-corrected chi connectivity index (χ2v) is 5.82. The van der Waals surface area contributed by atoms with Gasteiger partial charge in [0, 0.05) is 31.1 Å². The van der Waals surface area contributed by atoms with Gasteiger partial charge in [0.25, 0.3) is 5.69 Å². The number of anilines is 1. The van der Waals surface area contributed by atoms with Crippen LogP contribution in [-0.2, 0) is 6.54 Å². The Morgan fingerprint density at radius 1 is 1.36 bits per heavy atom. The highest BCUT2D eigenvalue weighted by Crippen LogP contribution is 2.34. The van der Waals surface area contributed by atoms with Crippen molar-refractivity contribution in [1.82, 2.24) is 14.8 Å². The lowest BCUT2D eigenvalue weighted by atomic mass is 10.2. The van der Waals surface area contributed by atoms with E-state index in [9.17, 15) is 10.1 Å². The van der Waals surface area contributed by atoms with Gasteiger partial charge in [-0.05, 0) is 0 Å². The average Bonchev–Trinajstić information content (AvgIpc) is 2.90. The number of nitro groups is 1. The van der Waals surface area contributed by atoms with Gasteiger partial charge < -0.3 is 9.88 Å². The van der Waals surface area contributed by atoms with Crippen molar-refractivity contribution >= 4 is 34.6 Å². The zero-order valence-corrected chi connectivity index (χ0v) is 13.6. The quantitative estimate of drug-likeness (QED) is 0.637. The van der Waals surface area contributed by atoms with Crippen LogP contribution in [0.1, 0.15) is 25.6 Å². The molecule has 0 spiro atoms. The molecule has 9 heteroatoms. The summed E-state index contributed by atoms with van der Waals surface area (Å²) < 4.78 is 1.94. The predicted octanol–water partition coefficient (Wildman–Crippen LogP) is 3.73. The van der Waals surface area contributed by atoms with Gasteiger partial charge in [-0.3, -0.25) is 10.1 Å². The Kier molecular flexibility index (Phi) is 5.20. The summed E-state index contributed by atoms with van der Waals surface area (Å²) in [7, 11) is 0. The van der Waals surface area contributed by atoms with Gasteiger partial charge in [-0.1, -0.05) is 37.0 Å². The second kappa shape index (κ2) is 6.93. The number of nitro benzene ring substituents is 1. The number of hydrogen-bond donors (Lipinski definition) is 1. The van der Waals surface area contributed by atoms with Crippen molar-refractivity contribution in [3.05, 3.63) is 44.4 Å². The molecule has 0 saturated heterocycles. The Morgan fingerprint density at radius 3 is 2.55 bits per heavy atom. The molecule has 0 saturated carbocycles. The molecule has 0 aliphatic rings. The van der Waals surface area contributed by atoms with Gasteiger partial charge in [0.2, 0.25) is 0 Å². The maximum atomic E-state index is 10.7. The Morgan fingerprint density at radius 2 is 2.00 bits per heavy atom. The molecule has 2 aromatic rings. The van der Waals surface area contributed by atoms with E-state index in [1.54, 1.807) is 6.33 Å². The molecule has 0 fully saturated rings. The van der Waals surface area contributed by atoms with Crippen LogP contribution in [0.3, 0.4) is 0 Å². The molecule has 0 bridgehead atoms. The first-order valence-electron chi connectivity index (χ1n) is 6.65. The molecule has 1 N–H and O–H groups in total. The highest BCUT2D eigenvalue weighted by Gasteiger charge is 2.14. The van der Waals surface area contributed by atoms with Crippen LogP contribution in [0.4, 0.5) is 11.4 Å². The van der Waals surface area contributed by atoms with Gasteiger partial charge in [0.1, 0.15) is 12.2 Å². The fourth-order valence-corrected chi connectivity index (χ4v) is 2.63. The van der Waals surface area contributed by atoms with E-state index in [4.69, 9.17) is 23.2 Å². The van der Waals surface area contributed by atoms with Crippen molar-refractivity contribution in [3.63, 3.8) is 0 Å². The van der Waals surface area contributed by atoms with Gasteiger partial charge in [0.05, 0.1) is 20.7 Å². The molecular formula is C13H15Cl2N5O2. The maximum Gasteiger partial charge on any atom is 0.272 e. The zero-order valence-electron chi connectivity index (χ0n) is 12.1. The summed E-state index contributed by atoms with van der Waals surface area (Å²) in [5, 5.41) is 22.2. The Bertz CT molecular complexity index is 664. The lowest BCUT2D eigenvalue weighted by molar-refractivity contribution is -0.384. The van der Waals surface area contributed by atoms with Crippen LogP contribution in [0.25, 0.3) is 0 Å². The molecule has 0 aliphatic carbocycles. The van der Waals surface area contributed by atoms with Crippen molar-refractivity contribution < 1.29 is 4.92 Å². The van der Waals surface area contributed by atoms with Crippen LogP contribution in [0, 0.1) is 10.1 Å². The van der Waals surface area contributed by atoms with Crippen LogP contribution in [0.15, 0.2) is 18.5 Å². The smallest absolute Gasteiger partial charge is 0.272 e. The number of halogens is 2. The molecule has 0 unspecified atom stereocenters. The molecule has 0 aliphatic heterocycles. The number of aromatic nitrogens is 3. The van der Waals surface area contributed by atoms with E-state index in [1.807, 2.05) is 18.4 Å². The van der Waals surface area contributed by atoms with Crippen LogP contribution in [0.2, 0.25) is 10.0 Å². The number of rotatable bonds is 6. The lowest BCUT2D eigenvalue weighted by Crippen LogP contribution is -2.13. The molecular weight excluding hydrogens is 329 g/mol. The minimum atomic E-state index is -0.534. The normalized spacial score (nSPS) is 11.0. The molecule has 1 aromatic heterocycles. The number of benzene rings is 1. The van der Waals surface area contributed by atoms with Crippen molar-refractivity contribution in [1.29, 1.82) is 0 Å². The summed E-state index contributed by atoms with van der Waals surface area (Å²) >= 11 is 12.1. The first kappa shape index (κ1) is 16.5. The van der Waals surface area contributed by atoms with E-state index in [1.165, 1.54) is 12.1 Å². The van der Waals surface area contributed by atoms with E-state index in [0.29, 0.717) is 18.8 Å². The molecule has 22 heavy (non-hydrogen) atoms. The maximum absolute atomic E-state index is 10.7. The third-order valence-corrected chi connectivity index (χ3v) is 3.65. The fraction of sp³-hybridized carbons (Fsp3) is 0.385. The molecule has 1 aromatic carbocycles. The minimum absolute atomic E-state index is 0.138. The summed E-state index contributed by atoms with van der Waals surface area (Å²) in [6.45, 7) is 5.25. The Hall–Kier alpha value is -1.86. The van der Waals surface area contributed by atoms with Crippen LogP contribution < -0.4 is 5.32 Å². The SMILES string of the molecule is CC(C)c1nncn1CCNc1c(Cl)cc([N+](=O)[O-])cc1Cl. The Labute approximate surface area is 137 Å². The Balaban J connectivity index is 2.06. The van der Waals surface area contributed by atoms with Gasteiger partial charge in [-0.2, -0.15) is 0 Å². The summed E-state index contributed by atoms with van der Waals surface area (Å²) in [6.07, 6.45) is 1.66. The molecule has 0 amide bonds. The van der Waals surface area contributed by atoms with E-state index in [0.717, 1.165) is 5.82 Å². The molecule has 0 radical (unpaired) electrons. The van der Waals surface area contributed by atoms with Crippen molar-refractivity contribution in [2.75, 3.05) is 11.9 Å². The molecule has 7 nitrogen and oxygen atoms in total. The summed E-state index contributed by atoms with van der Waals surface area (Å²) in [6, 6.07) is 2.54. The van der Waals surface area contributed by atoms with E-state index >= 15 is 0 Å². The fourth-order valence-electron chi connectivity index (χ4n) is 2.02. The van der Waals surface area contributed by atoms with Gasteiger partial charge in [-0.25, -0.2) is 0 Å². The monoisotopic (exact) mass is 343 g/mol. The number of non-ortho nitro benzene ring substituents is 1. The first-order chi connectivity index (χ1) is 10.4. The van der Waals surface area contributed by atoms with Crippen molar-refractivity contribution in [3.8, 4) is 0 Å². The number of hydrogen-bond acceptors (Lipinski definition) is 5. The lowest BCUT2D eigenvalue weighted by Gasteiger charge is -2.12. The highest BCUT2D eigenvalue weighted by atomic mass is 35.5. The minimum Gasteiger partial charge on any atom is -0.381 e. The zero-order chi connectivity index (χ0) is 16.3. The first-order valence-corrected chi connectivity index (χ1v) is 7.40. The van der Waals surface area contributed by atoms with Crippen molar-refractivity contribution in [2.45, 2.75) is 26.3 Å². The van der Waals surface area contributed by atoms with Crippen molar-refractivity contribution in [2.24, 2.45) is 0 Å². The summed E-state index contributed by atoms with van der Waals surface area (Å²) in [5.41, 5.74) is 0.342. The van der Waals surface area contributed by atoms with E-state index in [2.05, 4.69) is 15.5 Å². The topological polar surface area (TPSA) is 85.9 Å². The van der Waals surface area contributed by atoms with Gasteiger partial charge >= 0.3 is 0 Å². The highest BCUT2D eigenvalue weighted by molar-refractivity contribution is 6.39.